The maximum absolute atomic E-state index is 12.4. The molecule has 1 aromatic rings. The lowest BCUT2D eigenvalue weighted by atomic mass is 9.70. The Kier molecular flexibility index (Phi) is 5.11. The van der Waals surface area contributed by atoms with E-state index in [1.807, 2.05) is 18.2 Å². The first-order valence-electron chi connectivity index (χ1n) is 8.91. The van der Waals surface area contributed by atoms with E-state index >= 15 is 0 Å². The van der Waals surface area contributed by atoms with Gasteiger partial charge in [-0.1, -0.05) is 30.3 Å². The van der Waals surface area contributed by atoms with Gasteiger partial charge in [0, 0.05) is 6.54 Å². The lowest BCUT2D eigenvalue weighted by molar-refractivity contribution is -0.124. The molecule has 0 amide bonds. The quantitative estimate of drug-likeness (QED) is 0.838. The number of carbonyl (C=O) groups is 1. The van der Waals surface area contributed by atoms with Crippen LogP contribution in [-0.4, -0.2) is 50.2 Å². The molecule has 1 aromatic carbocycles. The highest BCUT2D eigenvalue weighted by molar-refractivity contribution is 7.91. The van der Waals surface area contributed by atoms with Crippen LogP contribution >= 0.6 is 0 Å². The molecule has 5 heteroatoms. The van der Waals surface area contributed by atoms with Gasteiger partial charge in [-0.05, 0) is 57.2 Å². The predicted molar refractivity (Wildman–Crippen MR) is 95.9 cm³/mol. The SMILES string of the molecule is CC(=O)C1(c2ccccc2)CCN(C[C@H]2CCCS(=O)(=O)C2)CC1. The molecule has 2 fully saturated rings. The summed E-state index contributed by atoms with van der Waals surface area (Å²) in [4.78, 5) is 14.8. The van der Waals surface area contributed by atoms with Crippen LogP contribution in [0.5, 0.6) is 0 Å². The molecule has 2 heterocycles. The van der Waals surface area contributed by atoms with Crippen LogP contribution in [0, 0.1) is 5.92 Å². The molecule has 0 unspecified atom stereocenters. The summed E-state index contributed by atoms with van der Waals surface area (Å²) in [7, 11) is -2.84. The van der Waals surface area contributed by atoms with E-state index in [0.29, 0.717) is 11.5 Å². The summed E-state index contributed by atoms with van der Waals surface area (Å²) in [6, 6.07) is 10.1. The van der Waals surface area contributed by atoms with Crippen LogP contribution < -0.4 is 0 Å². The van der Waals surface area contributed by atoms with Crippen LogP contribution in [0.2, 0.25) is 0 Å². The number of rotatable bonds is 4. The van der Waals surface area contributed by atoms with Gasteiger partial charge < -0.3 is 4.90 Å². The highest BCUT2D eigenvalue weighted by Crippen LogP contribution is 2.37. The number of Topliss-reactive ketones (excluding diaryl/α,β-unsaturated/α-hetero) is 1. The number of benzene rings is 1. The number of hydrogen-bond donors (Lipinski definition) is 0. The van der Waals surface area contributed by atoms with E-state index in [2.05, 4.69) is 17.0 Å². The summed E-state index contributed by atoms with van der Waals surface area (Å²) in [6.45, 7) is 4.29. The molecule has 0 spiro atoms. The minimum absolute atomic E-state index is 0.244. The summed E-state index contributed by atoms with van der Waals surface area (Å²) in [6.07, 6.45) is 3.45. The number of carbonyl (C=O) groups excluding carboxylic acids is 1. The first-order chi connectivity index (χ1) is 11.4. The molecule has 2 aliphatic rings. The average molecular weight is 349 g/mol. The molecule has 3 rings (SSSR count). The van der Waals surface area contributed by atoms with Crippen molar-refractivity contribution in [2.75, 3.05) is 31.1 Å². The van der Waals surface area contributed by atoms with Gasteiger partial charge in [-0.25, -0.2) is 8.42 Å². The van der Waals surface area contributed by atoms with E-state index in [9.17, 15) is 13.2 Å². The van der Waals surface area contributed by atoms with Crippen molar-refractivity contribution in [3.05, 3.63) is 35.9 Å². The molecular formula is C19H27NO3S. The molecule has 24 heavy (non-hydrogen) atoms. The summed E-state index contributed by atoms with van der Waals surface area (Å²) < 4.78 is 23.6. The van der Waals surface area contributed by atoms with E-state index in [0.717, 1.165) is 50.9 Å². The van der Waals surface area contributed by atoms with Gasteiger partial charge in [0.25, 0.3) is 0 Å². The lowest BCUT2D eigenvalue weighted by Crippen LogP contribution is -2.48. The van der Waals surface area contributed by atoms with Crippen LogP contribution in [0.1, 0.15) is 38.2 Å². The van der Waals surface area contributed by atoms with Crippen molar-refractivity contribution in [3.8, 4) is 0 Å². The Morgan fingerprint density at radius 1 is 1.21 bits per heavy atom. The number of nitrogens with zero attached hydrogens (tertiary/aromatic N) is 1. The highest BCUT2D eigenvalue weighted by atomic mass is 32.2. The molecule has 2 aliphatic heterocycles. The van der Waals surface area contributed by atoms with E-state index in [1.165, 1.54) is 0 Å². The smallest absolute Gasteiger partial charge is 0.150 e. The predicted octanol–water partition coefficient (Wildman–Crippen LogP) is 2.43. The number of sulfone groups is 1. The molecule has 0 radical (unpaired) electrons. The van der Waals surface area contributed by atoms with E-state index < -0.39 is 9.84 Å². The third-order valence-electron chi connectivity index (χ3n) is 5.78. The highest BCUT2D eigenvalue weighted by Gasteiger charge is 2.40. The second-order valence-electron chi connectivity index (χ2n) is 7.43. The molecule has 0 saturated carbocycles. The minimum Gasteiger partial charge on any atom is -0.303 e. The first-order valence-corrected chi connectivity index (χ1v) is 10.7. The second-order valence-corrected chi connectivity index (χ2v) is 9.66. The maximum atomic E-state index is 12.4. The molecule has 2 saturated heterocycles. The van der Waals surface area contributed by atoms with Gasteiger partial charge in [0.15, 0.2) is 9.84 Å². The third-order valence-corrected chi connectivity index (χ3v) is 7.67. The molecular weight excluding hydrogens is 322 g/mol. The van der Waals surface area contributed by atoms with Crippen LogP contribution in [0.25, 0.3) is 0 Å². The van der Waals surface area contributed by atoms with Crippen molar-refractivity contribution in [2.45, 2.75) is 38.0 Å². The topological polar surface area (TPSA) is 54.5 Å². The summed E-state index contributed by atoms with van der Waals surface area (Å²) >= 11 is 0. The monoisotopic (exact) mass is 349 g/mol. The van der Waals surface area contributed by atoms with Crippen molar-refractivity contribution >= 4 is 15.6 Å². The third kappa shape index (κ3) is 3.72. The molecule has 0 bridgehead atoms. The summed E-state index contributed by atoms with van der Waals surface area (Å²) in [5, 5.41) is 0. The van der Waals surface area contributed by atoms with Gasteiger partial charge in [0.05, 0.1) is 16.9 Å². The second kappa shape index (κ2) is 6.96. The van der Waals surface area contributed by atoms with Crippen LogP contribution in [0.15, 0.2) is 30.3 Å². The zero-order chi connectivity index (χ0) is 17.2. The first kappa shape index (κ1) is 17.6. The Hall–Kier alpha value is -1.20. The summed E-state index contributed by atoms with van der Waals surface area (Å²) in [5.41, 5.74) is 0.758. The zero-order valence-corrected chi connectivity index (χ0v) is 15.2. The van der Waals surface area contributed by atoms with E-state index in [4.69, 9.17) is 0 Å². The molecule has 4 nitrogen and oxygen atoms in total. The van der Waals surface area contributed by atoms with Gasteiger partial charge in [-0.15, -0.1) is 0 Å². The molecule has 132 valence electrons. The lowest BCUT2D eigenvalue weighted by Gasteiger charge is -2.42. The largest absolute Gasteiger partial charge is 0.303 e. The number of hydrogen-bond acceptors (Lipinski definition) is 4. The Morgan fingerprint density at radius 3 is 2.46 bits per heavy atom. The van der Waals surface area contributed by atoms with Crippen molar-refractivity contribution in [2.24, 2.45) is 5.92 Å². The molecule has 1 atom stereocenters. The fourth-order valence-corrected chi connectivity index (χ4v) is 6.11. The fraction of sp³-hybridized carbons (Fsp3) is 0.632. The Morgan fingerprint density at radius 2 is 1.88 bits per heavy atom. The molecule has 0 aromatic heterocycles. The van der Waals surface area contributed by atoms with E-state index in [-0.39, 0.29) is 17.1 Å². The Labute approximate surface area is 145 Å². The molecule has 0 aliphatic carbocycles. The Balaban J connectivity index is 1.65. The minimum atomic E-state index is -2.84. The van der Waals surface area contributed by atoms with Crippen molar-refractivity contribution in [1.29, 1.82) is 0 Å². The maximum Gasteiger partial charge on any atom is 0.150 e. The van der Waals surface area contributed by atoms with E-state index in [1.54, 1.807) is 6.92 Å². The normalized spacial score (nSPS) is 26.8. The van der Waals surface area contributed by atoms with Gasteiger partial charge in [-0.3, -0.25) is 4.79 Å². The van der Waals surface area contributed by atoms with Gasteiger partial charge >= 0.3 is 0 Å². The standard InChI is InChI=1S/C19H27NO3S/c1-16(21)19(18-7-3-2-4-8-18)9-11-20(12-10-19)14-17-6-5-13-24(22,23)15-17/h2-4,7-8,17H,5-6,9-15H2,1H3/t17-/m1/s1. The van der Waals surface area contributed by atoms with Crippen LogP contribution in [0.4, 0.5) is 0 Å². The van der Waals surface area contributed by atoms with Crippen molar-refractivity contribution in [1.82, 2.24) is 4.90 Å². The molecule has 0 N–H and O–H groups in total. The van der Waals surface area contributed by atoms with Gasteiger partial charge in [-0.2, -0.15) is 0 Å². The number of likely N-dealkylation sites (tertiary alicyclic amines) is 1. The van der Waals surface area contributed by atoms with Gasteiger partial charge in [0.1, 0.15) is 5.78 Å². The van der Waals surface area contributed by atoms with Crippen molar-refractivity contribution in [3.63, 3.8) is 0 Å². The van der Waals surface area contributed by atoms with Crippen molar-refractivity contribution < 1.29 is 13.2 Å². The van der Waals surface area contributed by atoms with Gasteiger partial charge in [0.2, 0.25) is 0 Å². The fourth-order valence-electron chi connectivity index (χ4n) is 4.35. The summed E-state index contributed by atoms with van der Waals surface area (Å²) in [5.74, 6) is 1.18. The zero-order valence-electron chi connectivity index (χ0n) is 14.4. The number of piperidine rings is 1. The Bertz CT molecular complexity index is 676. The van der Waals surface area contributed by atoms with Crippen LogP contribution in [-0.2, 0) is 20.0 Å². The number of ketones is 1. The van der Waals surface area contributed by atoms with Crippen LogP contribution in [0.3, 0.4) is 0 Å². The average Bonchev–Trinajstić information content (AvgIpc) is 2.55.